The highest BCUT2D eigenvalue weighted by Gasteiger charge is 2.32. The van der Waals surface area contributed by atoms with Crippen molar-refractivity contribution in [2.45, 2.75) is 5.92 Å². The molecule has 1 aliphatic carbocycles. The molecule has 0 heterocycles. The van der Waals surface area contributed by atoms with Gasteiger partial charge in [0, 0.05) is 23.6 Å². The Labute approximate surface area is 182 Å². The van der Waals surface area contributed by atoms with E-state index in [1.807, 2.05) is 42.5 Å². The number of rotatable bonds is 7. The molecule has 0 N–H and O–H groups in total. The molecule has 4 rings (SSSR count). The highest BCUT2D eigenvalue weighted by atomic mass is 16.5. The molecule has 1 atom stereocenters. The number of hydrogen-bond acceptors (Lipinski definition) is 5. The molecule has 5 nitrogen and oxygen atoms in total. The highest BCUT2D eigenvalue weighted by molar-refractivity contribution is 5.95. The van der Waals surface area contributed by atoms with Gasteiger partial charge in [0.2, 0.25) is 0 Å². The SMILES string of the molecule is COc1ccc([C@@H]2C(c3cc(OC)cc(OC)c3)=Cc3cc(OC)cc(OC)c32)cc1. The van der Waals surface area contributed by atoms with E-state index < -0.39 is 0 Å². The van der Waals surface area contributed by atoms with Crippen molar-refractivity contribution in [1.82, 2.24) is 0 Å². The first kappa shape index (κ1) is 20.7. The number of methoxy groups -OCH3 is 5. The Bertz CT molecular complexity index is 1090. The molecule has 0 radical (unpaired) electrons. The number of fused-ring (bicyclic) bond motifs is 1. The zero-order chi connectivity index (χ0) is 22.0. The van der Waals surface area contributed by atoms with Gasteiger partial charge in [0.1, 0.15) is 28.7 Å². The van der Waals surface area contributed by atoms with Gasteiger partial charge in [-0.3, -0.25) is 0 Å². The summed E-state index contributed by atoms with van der Waals surface area (Å²) in [6.45, 7) is 0. The molecule has 0 aromatic heterocycles. The van der Waals surface area contributed by atoms with Crippen molar-refractivity contribution in [3.8, 4) is 28.7 Å². The van der Waals surface area contributed by atoms with Crippen molar-refractivity contribution >= 4 is 11.6 Å². The van der Waals surface area contributed by atoms with Gasteiger partial charge < -0.3 is 23.7 Å². The standard InChI is InChI=1S/C26H26O5/c1-27-19-8-6-16(7-9-19)25-23(17-10-20(28-2)14-21(11-17)29-3)13-18-12-22(30-4)15-24(31-5)26(18)25/h6-15,25H,1-5H3/t25-/m1/s1. The largest absolute Gasteiger partial charge is 0.497 e. The zero-order valence-corrected chi connectivity index (χ0v) is 18.4. The lowest BCUT2D eigenvalue weighted by atomic mass is 9.84. The van der Waals surface area contributed by atoms with Gasteiger partial charge in [0.25, 0.3) is 0 Å². The average Bonchev–Trinajstić information content (AvgIpc) is 3.22. The highest BCUT2D eigenvalue weighted by Crippen LogP contribution is 2.51. The van der Waals surface area contributed by atoms with E-state index in [0.717, 1.165) is 56.6 Å². The molecule has 0 amide bonds. The molecular formula is C26H26O5. The van der Waals surface area contributed by atoms with Gasteiger partial charge >= 0.3 is 0 Å². The lowest BCUT2D eigenvalue weighted by molar-refractivity contribution is 0.391. The molecule has 0 spiro atoms. The van der Waals surface area contributed by atoms with Crippen molar-refractivity contribution in [1.29, 1.82) is 0 Å². The molecule has 0 bridgehead atoms. The summed E-state index contributed by atoms with van der Waals surface area (Å²) < 4.78 is 27.7. The van der Waals surface area contributed by atoms with E-state index in [-0.39, 0.29) is 5.92 Å². The van der Waals surface area contributed by atoms with E-state index >= 15 is 0 Å². The summed E-state index contributed by atoms with van der Waals surface area (Å²) in [5, 5.41) is 0. The molecular weight excluding hydrogens is 392 g/mol. The van der Waals surface area contributed by atoms with Crippen LogP contribution in [0.2, 0.25) is 0 Å². The fourth-order valence-corrected chi connectivity index (χ4v) is 4.11. The summed E-state index contributed by atoms with van der Waals surface area (Å²) in [5.74, 6) is 3.81. The monoisotopic (exact) mass is 418 g/mol. The van der Waals surface area contributed by atoms with Crippen LogP contribution in [0, 0.1) is 0 Å². The minimum atomic E-state index is -0.0291. The summed E-state index contributed by atoms with van der Waals surface area (Å²) >= 11 is 0. The summed E-state index contributed by atoms with van der Waals surface area (Å²) in [6.07, 6.45) is 2.18. The van der Waals surface area contributed by atoms with Crippen molar-refractivity contribution in [2.75, 3.05) is 35.5 Å². The summed E-state index contributed by atoms with van der Waals surface area (Å²) in [6, 6.07) is 18.0. The second kappa shape index (κ2) is 8.64. The van der Waals surface area contributed by atoms with Crippen LogP contribution in [0.15, 0.2) is 54.6 Å². The van der Waals surface area contributed by atoms with E-state index in [1.54, 1.807) is 35.5 Å². The first-order valence-corrected chi connectivity index (χ1v) is 9.96. The molecule has 0 aliphatic heterocycles. The Kier molecular flexibility index (Phi) is 5.76. The van der Waals surface area contributed by atoms with Gasteiger partial charge in [-0.1, -0.05) is 12.1 Å². The van der Waals surface area contributed by atoms with Gasteiger partial charge in [-0.15, -0.1) is 0 Å². The fourth-order valence-electron chi connectivity index (χ4n) is 4.11. The lowest BCUT2D eigenvalue weighted by Gasteiger charge is -2.21. The zero-order valence-electron chi connectivity index (χ0n) is 18.4. The maximum atomic E-state index is 5.78. The van der Waals surface area contributed by atoms with Gasteiger partial charge in [-0.25, -0.2) is 0 Å². The molecule has 31 heavy (non-hydrogen) atoms. The van der Waals surface area contributed by atoms with Crippen LogP contribution in [-0.4, -0.2) is 35.5 Å². The fraction of sp³-hybridized carbons (Fsp3) is 0.231. The first-order chi connectivity index (χ1) is 15.1. The Morgan fingerprint density at radius 2 is 1.16 bits per heavy atom. The third-order valence-electron chi connectivity index (χ3n) is 5.65. The van der Waals surface area contributed by atoms with Crippen LogP contribution < -0.4 is 23.7 Å². The van der Waals surface area contributed by atoms with Crippen molar-refractivity contribution < 1.29 is 23.7 Å². The van der Waals surface area contributed by atoms with Crippen molar-refractivity contribution in [3.63, 3.8) is 0 Å². The quantitative estimate of drug-likeness (QED) is 0.513. The van der Waals surface area contributed by atoms with Crippen LogP contribution in [-0.2, 0) is 0 Å². The molecule has 0 fully saturated rings. The third-order valence-corrected chi connectivity index (χ3v) is 5.65. The molecule has 160 valence electrons. The number of benzene rings is 3. The minimum absolute atomic E-state index is 0.0291. The number of hydrogen-bond donors (Lipinski definition) is 0. The molecule has 3 aromatic rings. The molecule has 5 heteroatoms. The van der Waals surface area contributed by atoms with Gasteiger partial charge in [0.05, 0.1) is 35.5 Å². The van der Waals surface area contributed by atoms with E-state index in [9.17, 15) is 0 Å². The Hall–Kier alpha value is -3.60. The van der Waals surface area contributed by atoms with Crippen molar-refractivity contribution in [3.05, 3.63) is 76.9 Å². The second-order valence-corrected chi connectivity index (χ2v) is 7.24. The van der Waals surface area contributed by atoms with Crippen molar-refractivity contribution in [2.24, 2.45) is 0 Å². The van der Waals surface area contributed by atoms with E-state index in [1.165, 1.54) is 0 Å². The summed E-state index contributed by atoms with van der Waals surface area (Å²) in [5.41, 5.74) is 5.45. The number of allylic oxidation sites excluding steroid dienone is 1. The Balaban J connectivity index is 1.93. The van der Waals surface area contributed by atoms with Crippen LogP contribution in [0.3, 0.4) is 0 Å². The number of ether oxygens (including phenoxy) is 5. The van der Waals surface area contributed by atoms with E-state index in [2.05, 4.69) is 18.2 Å². The molecule has 0 unspecified atom stereocenters. The smallest absolute Gasteiger partial charge is 0.127 e. The van der Waals surface area contributed by atoms with Crippen LogP contribution >= 0.6 is 0 Å². The first-order valence-electron chi connectivity index (χ1n) is 9.96. The molecule has 3 aromatic carbocycles. The normalized spacial score (nSPS) is 14.5. The van der Waals surface area contributed by atoms with E-state index in [4.69, 9.17) is 23.7 Å². The summed E-state index contributed by atoms with van der Waals surface area (Å²) in [4.78, 5) is 0. The summed E-state index contributed by atoms with van der Waals surface area (Å²) in [7, 11) is 8.33. The van der Waals surface area contributed by atoms with Gasteiger partial charge in [0.15, 0.2) is 0 Å². The second-order valence-electron chi connectivity index (χ2n) is 7.24. The lowest BCUT2D eigenvalue weighted by Crippen LogP contribution is -2.04. The van der Waals surface area contributed by atoms with Crippen LogP contribution in [0.25, 0.3) is 11.6 Å². The predicted octanol–water partition coefficient (Wildman–Crippen LogP) is 5.42. The average molecular weight is 418 g/mol. The maximum absolute atomic E-state index is 5.78. The Morgan fingerprint density at radius 1 is 0.581 bits per heavy atom. The third kappa shape index (κ3) is 3.79. The molecule has 0 saturated carbocycles. The van der Waals surface area contributed by atoms with Gasteiger partial charge in [-0.2, -0.15) is 0 Å². The molecule has 1 aliphatic rings. The van der Waals surface area contributed by atoms with Crippen LogP contribution in [0.1, 0.15) is 28.2 Å². The van der Waals surface area contributed by atoms with Crippen LogP contribution in [0.4, 0.5) is 0 Å². The Morgan fingerprint density at radius 3 is 1.71 bits per heavy atom. The topological polar surface area (TPSA) is 46.2 Å². The van der Waals surface area contributed by atoms with Gasteiger partial charge in [-0.05, 0) is 58.7 Å². The van der Waals surface area contributed by atoms with E-state index in [0.29, 0.717) is 0 Å². The predicted molar refractivity (Wildman–Crippen MR) is 122 cm³/mol. The minimum Gasteiger partial charge on any atom is -0.497 e. The maximum Gasteiger partial charge on any atom is 0.127 e. The molecule has 0 saturated heterocycles. The van der Waals surface area contributed by atoms with Crippen LogP contribution in [0.5, 0.6) is 28.7 Å².